The summed E-state index contributed by atoms with van der Waals surface area (Å²) in [6, 6.07) is 12.3. The van der Waals surface area contributed by atoms with Gasteiger partial charge in [0.15, 0.2) is 0 Å². The summed E-state index contributed by atoms with van der Waals surface area (Å²) in [5, 5.41) is 3.10. The van der Waals surface area contributed by atoms with Crippen molar-refractivity contribution in [3.05, 3.63) is 45.5 Å². The van der Waals surface area contributed by atoms with E-state index in [0.717, 1.165) is 31.6 Å². The molecule has 1 amide bonds. The van der Waals surface area contributed by atoms with E-state index in [0.29, 0.717) is 26.1 Å². The number of amides is 1. The van der Waals surface area contributed by atoms with Crippen molar-refractivity contribution in [2.24, 2.45) is 0 Å². The van der Waals surface area contributed by atoms with Crippen LogP contribution >= 0.6 is 22.6 Å². The van der Waals surface area contributed by atoms with E-state index in [1.54, 1.807) is 0 Å². The molecule has 1 aliphatic heterocycles. The van der Waals surface area contributed by atoms with Crippen LogP contribution in [0.5, 0.6) is 0 Å². The summed E-state index contributed by atoms with van der Waals surface area (Å²) < 4.78 is 15.0. The number of halogens is 2. The number of likely N-dealkylation sites (N-methyl/N-ethyl adjacent to an activating group) is 1. The normalized spacial score (nSPS) is 16.8. The van der Waals surface area contributed by atoms with Gasteiger partial charge in [-0.05, 0) is 79.4 Å². The van der Waals surface area contributed by atoms with Crippen molar-refractivity contribution in [3.63, 3.8) is 0 Å². The van der Waals surface area contributed by atoms with Gasteiger partial charge in [0.05, 0.1) is 17.9 Å². The number of nitrogens with zero attached hydrogens (tertiary/aromatic N) is 2. The number of nitrogens with one attached hydrogen (secondary N) is 1. The highest BCUT2D eigenvalue weighted by Crippen LogP contribution is 2.39. The predicted octanol–water partition coefficient (Wildman–Crippen LogP) is 4.31. The number of para-hydroxylation sites is 1. The molecule has 0 unspecified atom stereocenters. The molecule has 0 radical (unpaired) electrons. The van der Waals surface area contributed by atoms with Crippen LogP contribution in [-0.4, -0.2) is 50.7 Å². The summed E-state index contributed by atoms with van der Waals surface area (Å²) in [7, 11) is 3.73. The first kappa shape index (κ1) is 20.1. The summed E-state index contributed by atoms with van der Waals surface area (Å²) in [5.41, 5.74) is 4.85. The number of alkyl halides is 1. The highest BCUT2D eigenvalue weighted by Gasteiger charge is 2.26. The first-order valence-electron chi connectivity index (χ1n) is 9.08. The molecule has 2 aromatic rings. The third kappa shape index (κ3) is 4.79. The molecule has 0 saturated carbocycles. The molecule has 1 heterocycles. The van der Waals surface area contributed by atoms with Gasteiger partial charge in [-0.15, -0.1) is 0 Å². The van der Waals surface area contributed by atoms with Gasteiger partial charge in [-0.1, -0.05) is 18.2 Å². The number of anilines is 2. The minimum atomic E-state index is -0.821. The number of carbonyl (C=O) groups excluding carboxylic acids is 1. The van der Waals surface area contributed by atoms with Gasteiger partial charge in [0, 0.05) is 22.2 Å². The zero-order valence-electron chi connectivity index (χ0n) is 15.9. The molecule has 0 aliphatic carbocycles. The van der Waals surface area contributed by atoms with E-state index in [9.17, 15) is 9.18 Å². The van der Waals surface area contributed by atoms with Gasteiger partial charge in [-0.2, -0.15) is 0 Å². The van der Waals surface area contributed by atoms with Crippen LogP contribution in [0.3, 0.4) is 0 Å². The maximum atomic E-state index is 13.8. The fourth-order valence-electron chi connectivity index (χ4n) is 3.45. The minimum absolute atomic E-state index is 0.0759. The molecule has 27 heavy (non-hydrogen) atoms. The molecule has 0 bridgehead atoms. The Hall–Kier alpha value is -1.67. The number of aryl methyl sites for hydroxylation is 1. The van der Waals surface area contributed by atoms with Crippen molar-refractivity contribution in [1.29, 1.82) is 0 Å². The highest BCUT2D eigenvalue weighted by atomic mass is 127. The molecule has 0 spiro atoms. The molecule has 144 valence electrons. The maximum Gasteiger partial charge on any atom is 0.238 e. The Balaban J connectivity index is 2.09. The monoisotopic (exact) mass is 481 g/mol. The molecule has 1 atom stereocenters. The molecule has 6 heteroatoms. The third-order valence-electron chi connectivity index (χ3n) is 4.73. The van der Waals surface area contributed by atoms with Crippen LogP contribution in [0.4, 0.5) is 15.8 Å². The number of carbonyl (C=O) groups is 1. The third-order valence-corrected chi connectivity index (χ3v) is 5.40. The van der Waals surface area contributed by atoms with E-state index in [1.165, 1.54) is 0 Å². The van der Waals surface area contributed by atoms with Gasteiger partial charge in [0.25, 0.3) is 0 Å². The minimum Gasteiger partial charge on any atom is -0.367 e. The Bertz CT molecular complexity index is 840. The van der Waals surface area contributed by atoms with Crippen LogP contribution in [-0.2, 0) is 4.79 Å². The summed E-state index contributed by atoms with van der Waals surface area (Å²) in [6.07, 6.45) is -0.296. The molecule has 1 saturated heterocycles. The number of hydrogen-bond acceptors (Lipinski definition) is 3. The number of benzene rings is 2. The molecular weight excluding hydrogens is 456 g/mol. The van der Waals surface area contributed by atoms with Crippen LogP contribution in [0.1, 0.15) is 12.0 Å². The molecule has 4 nitrogen and oxygen atoms in total. The second-order valence-electron chi connectivity index (χ2n) is 7.28. The van der Waals surface area contributed by atoms with E-state index < -0.39 is 6.17 Å². The van der Waals surface area contributed by atoms with E-state index >= 15 is 0 Å². The van der Waals surface area contributed by atoms with Crippen molar-refractivity contribution in [2.75, 3.05) is 43.9 Å². The van der Waals surface area contributed by atoms with Crippen molar-refractivity contribution in [3.8, 4) is 11.1 Å². The zero-order valence-corrected chi connectivity index (χ0v) is 18.1. The Morgan fingerprint density at radius 2 is 2.07 bits per heavy atom. The lowest BCUT2D eigenvalue weighted by atomic mass is 9.97. The zero-order chi connectivity index (χ0) is 19.6. The van der Waals surface area contributed by atoms with Gasteiger partial charge in [0.2, 0.25) is 5.91 Å². The molecule has 1 fully saturated rings. The summed E-state index contributed by atoms with van der Waals surface area (Å²) >= 11 is 2.30. The second kappa shape index (κ2) is 8.56. The van der Waals surface area contributed by atoms with Crippen molar-refractivity contribution in [1.82, 2.24) is 4.90 Å². The average molecular weight is 481 g/mol. The predicted molar refractivity (Wildman–Crippen MR) is 118 cm³/mol. The average Bonchev–Trinajstić information content (AvgIpc) is 3.03. The topological polar surface area (TPSA) is 35.6 Å². The molecule has 1 aliphatic rings. The van der Waals surface area contributed by atoms with Crippen LogP contribution < -0.4 is 10.2 Å². The molecule has 0 aromatic heterocycles. The standard InChI is InChI=1S/C21H25FIN3O/c1-14-7-8-16(23)11-18(14)17-5-4-6-19(26-10-9-15(22)12-26)21(17)24-20(27)13-25(2)3/h4-8,11,15H,9-10,12-13H2,1-3H3,(H,24,27)/t15-/m0/s1. The lowest BCUT2D eigenvalue weighted by Crippen LogP contribution is -2.29. The first-order chi connectivity index (χ1) is 12.8. The van der Waals surface area contributed by atoms with E-state index in [-0.39, 0.29) is 5.91 Å². The summed E-state index contributed by atoms with van der Waals surface area (Å²) in [6.45, 7) is 3.39. The van der Waals surface area contributed by atoms with Crippen molar-refractivity contribution < 1.29 is 9.18 Å². The molecule has 2 aromatic carbocycles. The van der Waals surface area contributed by atoms with Gasteiger partial charge >= 0.3 is 0 Å². The van der Waals surface area contributed by atoms with Crippen molar-refractivity contribution >= 4 is 39.9 Å². The fourth-order valence-corrected chi connectivity index (χ4v) is 3.94. The number of hydrogen-bond donors (Lipinski definition) is 1. The van der Waals surface area contributed by atoms with Crippen LogP contribution in [0, 0.1) is 10.5 Å². The summed E-state index contributed by atoms with van der Waals surface area (Å²) in [4.78, 5) is 16.4. The Kier molecular flexibility index (Phi) is 6.37. The van der Waals surface area contributed by atoms with Gasteiger partial charge in [-0.25, -0.2) is 4.39 Å². The van der Waals surface area contributed by atoms with Gasteiger partial charge in [0.1, 0.15) is 6.17 Å². The SMILES string of the molecule is Cc1ccc(I)cc1-c1cccc(N2CC[C@H](F)C2)c1NC(=O)CN(C)C. The Labute approximate surface area is 173 Å². The van der Waals surface area contributed by atoms with Crippen LogP contribution in [0.25, 0.3) is 11.1 Å². The fraction of sp³-hybridized carbons (Fsp3) is 0.381. The smallest absolute Gasteiger partial charge is 0.238 e. The van der Waals surface area contributed by atoms with Crippen LogP contribution in [0.15, 0.2) is 36.4 Å². The van der Waals surface area contributed by atoms with E-state index in [1.807, 2.05) is 42.1 Å². The van der Waals surface area contributed by atoms with Crippen molar-refractivity contribution in [2.45, 2.75) is 19.5 Å². The summed E-state index contributed by atoms with van der Waals surface area (Å²) in [5.74, 6) is -0.0759. The van der Waals surface area contributed by atoms with Gasteiger partial charge < -0.3 is 15.1 Å². The van der Waals surface area contributed by atoms with E-state index in [2.05, 4.69) is 53.0 Å². The number of rotatable bonds is 5. The lowest BCUT2D eigenvalue weighted by molar-refractivity contribution is -0.116. The van der Waals surface area contributed by atoms with E-state index in [4.69, 9.17) is 0 Å². The second-order valence-corrected chi connectivity index (χ2v) is 8.52. The van der Waals surface area contributed by atoms with Crippen LogP contribution in [0.2, 0.25) is 0 Å². The molecule has 1 N–H and O–H groups in total. The first-order valence-corrected chi connectivity index (χ1v) is 10.2. The highest BCUT2D eigenvalue weighted by molar-refractivity contribution is 14.1. The Morgan fingerprint density at radius 3 is 2.74 bits per heavy atom. The molecule has 3 rings (SSSR count). The van der Waals surface area contributed by atoms with Gasteiger partial charge in [-0.3, -0.25) is 4.79 Å². The Morgan fingerprint density at radius 1 is 1.30 bits per heavy atom. The lowest BCUT2D eigenvalue weighted by Gasteiger charge is -2.25. The largest absolute Gasteiger partial charge is 0.367 e. The quantitative estimate of drug-likeness (QED) is 0.647. The maximum absolute atomic E-state index is 13.8. The molecular formula is C21H25FIN3O.